The van der Waals surface area contributed by atoms with E-state index in [1.54, 1.807) is 0 Å². The lowest BCUT2D eigenvalue weighted by atomic mass is 10.1. The molecule has 0 aromatic rings. The number of rotatable bonds is 34. The number of carboxylic acids is 2. The van der Waals surface area contributed by atoms with Crippen molar-refractivity contribution in [1.82, 2.24) is 0 Å². The van der Waals surface area contributed by atoms with E-state index in [0.717, 1.165) is 128 Å². The zero-order chi connectivity index (χ0) is 34.9. The van der Waals surface area contributed by atoms with Gasteiger partial charge in [-0.2, -0.15) is 0 Å². The summed E-state index contributed by atoms with van der Waals surface area (Å²) in [5.41, 5.74) is 0. The van der Waals surface area contributed by atoms with Crippen molar-refractivity contribution in [3.05, 3.63) is 48.6 Å². The van der Waals surface area contributed by atoms with Gasteiger partial charge in [0.15, 0.2) is 0 Å². The lowest BCUT2D eigenvalue weighted by Gasteiger charge is -2.16. The Balaban J connectivity index is 3.72. The van der Waals surface area contributed by atoms with E-state index in [-0.39, 0.29) is 25.2 Å². The van der Waals surface area contributed by atoms with Gasteiger partial charge >= 0.3 is 27.1 Å². The fourth-order valence-corrected chi connectivity index (χ4v) is 8.43. The van der Waals surface area contributed by atoms with Crippen molar-refractivity contribution in [2.75, 3.05) is 12.3 Å². The van der Waals surface area contributed by atoms with Gasteiger partial charge in [-0.3, -0.25) is 18.7 Å². The van der Waals surface area contributed by atoms with Gasteiger partial charge in [0.1, 0.15) is 0 Å². The SMILES string of the molecule is O=C(O)CCCCCCC/C=C\C/C=C\CCCCCP(=O)(O)OP(=O)(O)CCCCC/C=C\C/C=C\CCCCCCCC(=O)O. The van der Waals surface area contributed by atoms with Crippen molar-refractivity contribution in [2.24, 2.45) is 0 Å². The van der Waals surface area contributed by atoms with Crippen LogP contribution in [0.5, 0.6) is 0 Å². The van der Waals surface area contributed by atoms with E-state index in [1.807, 2.05) is 0 Å². The largest absolute Gasteiger partial charge is 0.481 e. The van der Waals surface area contributed by atoms with Crippen LogP contribution in [-0.4, -0.2) is 44.3 Å². The smallest absolute Gasteiger partial charge is 0.335 e. The Morgan fingerprint density at radius 3 is 1.02 bits per heavy atom. The maximum absolute atomic E-state index is 12.3. The molecule has 0 saturated heterocycles. The molecule has 47 heavy (non-hydrogen) atoms. The Morgan fingerprint density at radius 2 is 0.702 bits per heavy atom. The summed E-state index contributed by atoms with van der Waals surface area (Å²) >= 11 is 0. The van der Waals surface area contributed by atoms with Crippen LogP contribution in [0.3, 0.4) is 0 Å². The maximum atomic E-state index is 12.3. The van der Waals surface area contributed by atoms with Gasteiger partial charge in [-0.25, -0.2) is 4.31 Å². The van der Waals surface area contributed by atoms with Gasteiger partial charge < -0.3 is 20.0 Å². The molecular formula is C36H64O9P2. The third kappa shape index (κ3) is 36.9. The van der Waals surface area contributed by atoms with Crippen LogP contribution in [0.15, 0.2) is 48.6 Å². The molecule has 2 unspecified atom stereocenters. The summed E-state index contributed by atoms with van der Waals surface area (Å²) in [7, 11) is -8.20. The van der Waals surface area contributed by atoms with Gasteiger partial charge in [0.05, 0.1) is 12.3 Å². The number of hydrogen-bond acceptors (Lipinski definition) is 5. The summed E-state index contributed by atoms with van der Waals surface area (Å²) in [5, 5.41) is 17.2. The first kappa shape index (κ1) is 45.2. The van der Waals surface area contributed by atoms with Gasteiger partial charge in [-0.15, -0.1) is 0 Å². The molecule has 0 aromatic carbocycles. The molecule has 0 aliphatic heterocycles. The minimum atomic E-state index is -4.10. The molecule has 0 amide bonds. The third-order valence-corrected chi connectivity index (χ3v) is 11.4. The minimum absolute atomic E-state index is 0.114. The van der Waals surface area contributed by atoms with E-state index in [0.29, 0.717) is 12.8 Å². The molecule has 0 saturated carbocycles. The zero-order valence-electron chi connectivity index (χ0n) is 28.7. The standard InChI is InChI=1S/C36H64O9P2/c37-35(38)31-27-23-19-15-11-7-3-1-5-9-13-17-21-25-29-33-46(41,42)45-47(43,44)34-30-26-22-18-14-10-6-2-4-8-12-16-20-24-28-32-36(39)40/h1-4,9-10,13-14H,5-8,11-12,15-34H2,(H,37,38)(H,39,40)(H,41,42)(H,43,44)/b3-1-,4-2-,13-9-,14-10-. The number of aliphatic carboxylic acids is 2. The second-order valence-electron chi connectivity index (χ2n) is 12.3. The quantitative estimate of drug-likeness (QED) is 0.0291. The average Bonchev–Trinajstić information content (AvgIpc) is 2.99. The first-order valence-corrected chi connectivity index (χ1v) is 21.5. The number of unbranched alkanes of at least 4 members (excludes halogenated alkanes) is 16. The Bertz CT molecular complexity index is 926. The van der Waals surface area contributed by atoms with Crippen LogP contribution >= 0.6 is 15.2 Å². The number of carbonyl (C=O) groups is 2. The summed E-state index contributed by atoms with van der Waals surface area (Å²) in [6.45, 7) is 0. The highest BCUT2D eigenvalue weighted by molar-refractivity contribution is 7.66. The van der Waals surface area contributed by atoms with Gasteiger partial charge in [-0.1, -0.05) is 100.0 Å². The molecule has 4 N–H and O–H groups in total. The molecule has 0 aliphatic rings. The van der Waals surface area contributed by atoms with Crippen LogP contribution in [0, 0.1) is 0 Å². The molecule has 11 heteroatoms. The van der Waals surface area contributed by atoms with E-state index >= 15 is 0 Å². The van der Waals surface area contributed by atoms with Crippen LogP contribution < -0.4 is 0 Å². The van der Waals surface area contributed by atoms with E-state index in [2.05, 4.69) is 48.6 Å². The van der Waals surface area contributed by atoms with Crippen LogP contribution in [0.2, 0.25) is 0 Å². The average molecular weight is 703 g/mol. The fourth-order valence-electron chi connectivity index (χ4n) is 4.93. The Kier molecular flexibility index (Phi) is 30.3. The van der Waals surface area contributed by atoms with Crippen molar-refractivity contribution in [1.29, 1.82) is 0 Å². The van der Waals surface area contributed by atoms with Gasteiger partial charge in [0, 0.05) is 12.8 Å². The Morgan fingerprint density at radius 1 is 0.426 bits per heavy atom. The van der Waals surface area contributed by atoms with E-state index < -0.39 is 27.1 Å². The molecule has 272 valence electrons. The van der Waals surface area contributed by atoms with Gasteiger partial charge in [0.2, 0.25) is 0 Å². The van der Waals surface area contributed by atoms with Crippen LogP contribution in [0.4, 0.5) is 0 Å². The molecule has 0 bridgehead atoms. The van der Waals surface area contributed by atoms with Crippen LogP contribution in [0.1, 0.15) is 154 Å². The normalized spacial score (nSPS) is 14.9. The maximum Gasteiger partial charge on any atom is 0.335 e. The summed E-state index contributed by atoms with van der Waals surface area (Å²) < 4.78 is 29.5. The van der Waals surface area contributed by atoms with Gasteiger partial charge in [0.25, 0.3) is 0 Å². The second-order valence-corrected chi connectivity index (χ2v) is 16.4. The second kappa shape index (κ2) is 31.5. The van der Waals surface area contributed by atoms with Crippen LogP contribution in [-0.2, 0) is 23.0 Å². The third-order valence-electron chi connectivity index (χ3n) is 7.61. The van der Waals surface area contributed by atoms with Crippen molar-refractivity contribution in [2.45, 2.75) is 154 Å². The van der Waals surface area contributed by atoms with Crippen molar-refractivity contribution >= 4 is 27.1 Å². The monoisotopic (exact) mass is 702 g/mol. The van der Waals surface area contributed by atoms with E-state index in [9.17, 15) is 28.5 Å². The van der Waals surface area contributed by atoms with Crippen molar-refractivity contribution in [3.63, 3.8) is 0 Å². The Labute approximate surface area is 284 Å². The summed E-state index contributed by atoms with van der Waals surface area (Å²) in [6, 6.07) is 0. The molecule has 0 fully saturated rings. The Hall–Kier alpha value is -1.76. The number of allylic oxidation sites excluding steroid dienone is 8. The molecule has 0 aromatic heterocycles. The van der Waals surface area contributed by atoms with E-state index in [4.69, 9.17) is 14.5 Å². The molecule has 9 nitrogen and oxygen atoms in total. The first-order chi connectivity index (χ1) is 22.5. The fraction of sp³-hybridized carbons (Fsp3) is 0.722. The highest BCUT2D eigenvalue weighted by Crippen LogP contribution is 2.59. The van der Waals surface area contributed by atoms with Gasteiger partial charge in [-0.05, 0) is 89.9 Å². The minimum Gasteiger partial charge on any atom is -0.481 e. The molecule has 0 radical (unpaired) electrons. The molecule has 0 aliphatic carbocycles. The highest BCUT2D eigenvalue weighted by Gasteiger charge is 2.31. The molecule has 2 atom stereocenters. The predicted octanol–water partition coefficient (Wildman–Crippen LogP) is 11.1. The molecular weight excluding hydrogens is 638 g/mol. The summed E-state index contributed by atoms with van der Waals surface area (Å²) in [4.78, 5) is 41.1. The number of hydrogen-bond donors (Lipinski definition) is 4. The molecule has 0 rings (SSSR count). The predicted molar refractivity (Wildman–Crippen MR) is 193 cm³/mol. The summed E-state index contributed by atoms with van der Waals surface area (Å²) in [6.07, 6.45) is 37.3. The lowest BCUT2D eigenvalue weighted by molar-refractivity contribution is -0.138. The lowest BCUT2D eigenvalue weighted by Crippen LogP contribution is -1.98. The van der Waals surface area contributed by atoms with E-state index in [1.165, 1.54) is 0 Å². The summed E-state index contributed by atoms with van der Waals surface area (Å²) in [5.74, 6) is -1.44. The molecule has 0 heterocycles. The first-order valence-electron chi connectivity index (χ1n) is 17.9. The van der Waals surface area contributed by atoms with Crippen LogP contribution in [0.25, 0.3) is 0 Å². The topological polar surface area (TPSA) is 158 Å². The molecule has 0 spiro atoms. The van der Waals surface area contributed by atoms with Crippen molar-refractivity contribution < 1.29 is 43.0 Å². The zero-order valence-corrected chi connectivity index (χ0v) is 30.5. The number of carboxylic acid groups (broad SMARTS) is 2. The van der Waals surface area contributed by atoms with Crippen molar-refractivity contribution in [3.8, 4) is 0 Å². The highest BCUT2D eigenvalue weighted by atomic mass is 31.3.